The third kappa shape index (κ3) is 3.80. The van der Waals surface area contributed by atoms with Crippen molar-refractivity contribution in [3.8, 4) is 0 Å². The Kier molecular flexibility index (Phi) is 5.06. The van der Waals surface area contributed by atoms with E-state index in [1.54, 1.807) is 4.90 Å². The van der Waals surface area contributed by atoms with Crippen LogP contribution in [0.15, 0.2) is 12.4 Å². The number of amides is 2. The molecule has 3 fully saturated rings. The average molecular weight is 463 g/mol. The third-order valence-electron chi connectivity index (χ3n) is 6.91. The van der Waals surface area contributed by atoms with Crippen LogP contribution in [-0.2, 0) is 16.1 Å². The maximum absolute atomic E-state index is 13.6. The molecule has 33 heavy (non-hydrogen) atoms. The van der Waals surface area contributed by atoms with Crippen molar-refractivity contribution >= 4 is 29.0 Å². The molecule has 0 aromatic carbocycles. The van der Waals surface area contributed by atoms with Gasteiger partial charge < -0.3 is 9.64 Å². The zero-order valence-electron chi connectivity index (χ0n) is 19.0. The topological polar surface area (TPSA) is 93.4 Å². The van der Waals surface area contributed by atoms with Gasteiger partial charge in [0.1, 0.15) is 17.7 Å². The van der Waals surface area contributed by atoms with Crippen molar-refractivity contribution < 1.29 is 23.1 Å². The van der Waals surface area contributed by atoms with Crippen LogP contribution < -0.4 is 4.90 Å². The molecular formula is C22H28F2N6O3. The molecule has 2 atom stereocenters. The lowest BCUT2D eigenvalue weighted by molar-refractivity contribution is -0.129. The maximum atomic E-state index is 13.6. The van der Waals surface area contributed by atoms with E-state index in [4.69, 9.17) is 4.74 Å². The van der Waals surface area contributed by atoms with E-state index in [1.807, 2.05) is 25.7 Å². The Balaban J connectivity index is 1.36. The number of alkyl halides is 2. The van der Waals surface area contributed by atoms with E-state index in [9.17, 15) is 18.4 Å². The summed E-state index contributed by atoms with van der Waals surface area (Å²) >= 11 is 0. The molecule has 2 unspecified atom stereocenters. The Morgan fingerprint density at radius 1 is 1.24 bits per heavy atom. The predicted molar refractivity (Wildman–Crippen MR) is 115 cm³/mol. The SMILES string of the molecule is CC(C)(C)OC(=O)N1C2CCC1CC1(CCN(c3cnc4cnn(CC(F)F)c4n3)C1=O)C2. The zero-order valence-corrected chi connectivity index (χ0v) is 19.0. The first-order chi connectivity index (χ1) is 15.6. The Hall–Kier alpha value is -2.85. The molecule has 0 N–H and O–H groups in total. The molecule has 3 saturated heterocycles. The fourth-order valence-corrected chi connectivity index (χ4v) is 5.61. The van der Waals surface area contributed by atoms with Crippen LogP contribution in [0.4, 0.5) is 19.4 Å². The van der Waals surface area contributed by atoms with Crippen LogP contribution in [0.3, 0.4) is 0 Å². The van der Waals surface area contributed by atoms with Gasteiger partial charge in [-0.3, -0.25) is 9.69 Å². The van der Waals surface area contributed by atoms with E-state index in [0.717, 1.165) is 17.5 Å². The Labute approximate surface area is 190 Å². The lowest BCUT2D eigenvalue weighted by atomic mass is 9.73. The monoisotopic (exact) mass is 462 g/mol. The number of hydrogen-bond donors (Lipinski definition) is 0. The number of nitrogens with zero attached hydrogens (tertiary/aromatic N) is 6. The number of piperidine rings is 1. The second-order valence-corrected chi connectivity index (χ2v) is 10.3. The molecule has 2 aromatic heterocycles. The first-order valence-corrected chi connectivity index (χ1v) is 11.4. The van der Waals surface area contributed by atoms with Gasteiger partial charge >= 0.3 is 6.09 Å². The number of anilines is 1. The van der Waals surface area contributed by atoms with Gasteiger partial charge in [0.05, 0.1) is 17.8 Å². The Morgan fingerprint density at radius 2 is 1.94 bits per heavy atom. The number of hydrogen-bond acceptors (Lipinski definition) is 6. The van der Waals surface area contributed by atoms with Crippen LogP contribution in [0, 0.1) is 5.41 Å². The minimum absolute atomic E-state index is 0.0245. The molecule has 178 valence electrons. The van der Waals surface area contributed by atoms with Gasteiger partial charge in [0.15, 0.2) is 11.5 Å². The quantitative estimate of drug-likeness (QED) is 0.694. The minimum atomic E-state index is -2.57. The summed E-state index contributed by atoms with van der Waals surface area (Å²) in [5.41, 5.74) is -0.477. The van der Waals surface area contributed by atoms with E-state index in [1.165, 1.54) is 12.4 Å². The number of rotatable bonds is 3. The number of fused-ring (bicyclic) bond motifs is 3. The summed E-state index contributed by atoms with van der Waals surface area (Å²) in [6.45, 7) is 5.45. The molecule has 1 spiro atoms. The molecule has 2 aromatic rings. The number of carbonyl (C=O) groups is 2. The summed E-state index contributed by atoms with van der Waals surface area (Å²) in [4.78, 5) is 38.6. The van der Waals surface area contributed by atoms with Gasteiger partial charge in [-0.2, -0.15) is 5.10 Å². The van der Waals surface area contributed by atoms with Crippen LogP contribution in [0.1, 0.15) is 52.9 Å². The number of aromatic nitrogens is 4. The van der Waals surface area contributed by atoms with Crippen molar-refractivity contribution in [1.29, 1.82) is 0 Å². The maximum Gasteiger partial charge on any atom is 0.410 e. The molecule has 0 radical (unpaired) electrons. The fraction of sp³-hybridized carbons (Fsp3) is 0.682. The summed E-state index contributed by atoms with van der Waals surface area (Å²) in [6, 6.07) is -0.0490. The highest BCUT2D eigenvalue weighted by Crippen LogP contribution is 2.51. The predicted octanol–water partition coefficient (Wildman–Crippen LogP) is 3.38. The van der Waals surface area contributed by atoms with Crippen molar-refractivity contribution in [2.45, 2.75) is 83.5 Å². The van der Waals surface area contributed by atoms with Gasteiger partial charge in [0.2, 0.25) is 5.91 Å². The average Bonchev–Trinajstić information content (AvgIpc) is 3.34. The highest BCUT2D eigenvalue weighted by Gasteiger charge is 2.57. The Bertz CT molecular complexity index is 1080. The molecule has 9 nitrogen and oxygen atoms in total. The highest BCUT2D eigenvalue weighted by atomic mass is 19.3. The lowest BCUT2D eigenvalue weighted by Gasteiger charge is -2.43. The van der Waals surface area contributed by atoms with Gasteiger partial charge in [-0.15, -0.1) is 0 Å². The normalized spacial score (nSPS) is 27.4. The summed E-state index contributed by atoms with van der Waals surface area (Å²) in [7, 11) is 0. The second kappa shape index (κ2) is 7.59. The molecule has 3 aliphatic heterocycles. The fourth-order valence-electron chi connectivity index (χ4n) is 5.61. The lowest BCUT2D eigenvalue weighted by Crippen LogP contribution is -2.53. The second-order valence-electron chi connectivity index (χ2n) is 10.3. The van der Waals surface area contributed by atoms with Crippen molar-refractivity contribution in [1.82, 2.24) is 24.6 Å². The van der Waals surface area contributed by atoms with Crippen molar-refractivity contribution in [3.05, 3.63) is 12.4 Å². The summed E-state index contributed by atoms with van der Waals surface area (Å²) < 4.78 is 32.5. The molecule has 5 heterocycles. The van der Waals surface area contributed by atoms with Crippen LogP contribution in [0.5, 0.6) is 0 Å². The molecule has 0 saturated carbocycles. The summed E-state index contributed by atoms with van der Waals surface area (Å²) in [5, 5.41) is 3.94. The number of ether oxygens (including phenoxy) is 1. The van der Waals surface area contributed by atoms with E-state index < -0.39 is 24.0 Å². The molecule has 11 heteroatoms. The molecule has 5 rings (SSSR count). The number of halogens is 2. The first-order valence-electron chi connectivity index (χ1n) is 11.4. The van der Waals surface area contributed by atoms with E-state index in [2.05, 4.69) is 15.1 Å². The minimum Gasteiger partial charge on any atom is -0.444 e. The van der Waals surface area contributed by atoms with Gasteiger partial charge in [0, 0.05) is 18.6 Å². The van der Waals surface area contributed by atoms with E-state index in [0.29, 0.717) is 37.1 Å². The van der Waals surface area contributed by atoms with Gasteiger partial charge in [-0.25, -0.2) is 28.2 Å². The van der Waals surface area contributed by atoms with Crippen LogP contribution in [0.25, 0.3) is 11.2 Å². The highest BCUT2D eigenvalue weighted by molar-refractivity contribution is 5.99. The summed E-state index contributed by atoms with van der Waals surface area (Å²) in [6.07, 6.45) is 3.58. The standard InChI is InChI=1S/C22H28F2N6O3/c1-21(2,3)33-20(32)30-13-4-5-14(30)9-22(8-13)6-7-28(19(22)31)17-11-25-15-10-26-29(12-16(23)24)18(15)27-17/h10-11,13-14,16H,4-9,12H2,1-3H3. The van der Waals surface area contributed by atoms with Crippen LogP contribution in [-0.4, -0.2) is 67.3 Å². The number of carbonyl (C=O) groups excluding carboxylic acids is 2. The molecule has 2 amide bonds. The van der Waals surface area contributed by atoms with Crippen molar-refractivity contribution in [2.24, 2.45) is 5.41 Å². The molecule has 2 bridgehead atoms. The molecular weight excluding hydrogens is 434 g/mol. The van der Waals surface area contributed by atoms with Crippen LogP contribution in [0.2, 0.25) is 0 Å². The van der Waals surface area contributed by atoms with Crippen molar-refractivity contribution in [3.63, 3.8) is 0 Å². The first kappa shape index (κ1) is 22.0. The molecule has 0 aliphatic carbocycles. The smallest absolute Gasteiger partial charge is 0.410 e. The third-order valence-corrected chi connectivity index (χ3v) is 6.91. The van der Waals surface area contributed by atoms with Crippen molar-refractivity contribution in [2.75, 3.05) is 11.4 Å². The van der Waals surface area contributed by atoms with E-state index >= 15 is 0 Å². The van der Waals surface area contributed by atoms with Gasteiger partial charge in [-0.05, 0) is 52.9 Å². The zero-order chi connectivity index (χ0) is 23.5. The van der Waals surface area contributed by atoms with Crippen LogP contribution >= 0.6 is 0 Å². The largest absolute Gasteiger partial charge is 0.444 e. The van der Waals surface area contributed by atoms with Gasteiger partial charge in [0.25, 0.3) is 6.43 Å². The van der Waals surface area contributed by atoms with Gasteiger partial charge in [-0.1, -0.05) is 0 Å². The van der Waals surface area contributed by atoms with E-state index in [-0.39, 0.29) is 29.7 Å². The Morgan fingerprint density at radius 3 is 2.58 bits per heavy atom. The summed E-state index contributed by atoms with van der Waals surface area (Å²) in [5.74, 6) is 0.319. The molecule has 3 aliphatic rings.